The molecule has 0 bridgehead atoms. The molecule has 2 aromatic rings. The number of hydrogen-bond donors (Lipinski definition) is 1. The second-order valence-corrected chi connectivity index (χ2v) is 8.91. The number of rotatable bonds is 2. The van der Waals surface area contributed by atoms with Crippen molar-refractivity contribution in [2.45, 2.75) is 25.7 Å². The molecule has 0 radical (unpaired) electrons. The predicted octanol–water partition coefficient (Wildman–Crippen LogP) is 3.41. The Bertz CT molecular complexity index is 804. The fraction of sp³-hybridized carbons (Fsp3) is 0.500. The van der Waals surface area contributed by atoms with E-state index in [1.165, 1.54) is 35.5 Å². The molecule has 138 valence electrons. The van der Waals surface area contributed by atoms with E-state index in [4.69, 9.17) is 4.98 Å². The fourth-order valence-corrected chi connectivity index (χ4v) is 4.28. The van der Waals surface area contributed by atoms with Crippen molar-refractivity contribution in [3.05, 3.63) is 42.1 Å². The van der Waals surface area contributed by atoms with Crippen LogP contribution in [0.3, 0.4) is 0 Å². The molecular formula is C22H31N4+. The Labute approximate surface area is 157 Å². The van der Waals surface area contributed by atoms with Crippen LogP contribution in [0, 0.1) is 0 Å². The van der Waals surface area contributed by atoms with Crippen molar-refractivity contribution in [3.63, 3.8) is 0 Å². The lowest BCUT2D eigenvalue weighted by Gasteiger charge is -2.42. The van der Waals surface area contributed by atoms with Gasteiger partial charge in [0, 0.05) is 67.1 Å². The fourth-order valence-electron chi connectivity index (χ4n) is 4.28. The van der Waals surface area contributed by atoms with Crippen LogP contribution in [-0.2, 0) is 5.41 Å². The predicted molar refractivity (Wildman–Crippen MR) is 111 cm³/mol. The maximum atomic E-state index is 4.69. The summed E-state index contributed by atoms with van der Waals surface area (Å²) in [6, 6.07) is 11.4. The SMILES string of the molecule is CC1(C)CC[N+](C)(C)c2ccc(-c3cc(N4CCNCC4)ccn3)cc21. The van der Waals surface area contributed by atoms with E-state index < -0.39 is 0 Å². The summed E-state index contributed by atoms with van der Waals surface area (Å²) in [5, 5.41) is 3.42. The third kappa shape index (κ3) is 3.12. The van der Waals surface area contributed by atoms with Gasteiger partial charge in [0.05, 0.1) is 26.3 Å². The lowest BCUT2D eigenvalue weighted by molar-refractivity contribution is 0.302. The number of quaternary nitrogens is 1. The number of hydrogen-bond acceptors (Lipinski definition) is 3. The molecule has 4 nitrogen and oxygen atoms in total. The standard InChI is InChI=1S/C22H31N4/c1-22(2)8-14-26(3,4)21-6-5-17(15-19(21)22)20-16-18(7-9-24-20)25-12-10-23-11-13-25/h5-7,9,15-16,23H,8,10-14H2,1-4H3/q+1. The highest BCUT2D eigenvalue weighted by atomic mass is 15.3. The van der Waals surface area contributed by atoms with Crippen molar-refractivity contribution < 1.29 is 0 Å². The lowest BCUT2D eigenvalue weighted by Crippen LogP contribution is -2.48. The zero-order valence-corrected chi connectivity index (χ0v) is 16.5. The van der Waals surface area contributed by atoms with Crippen molar-refractivity contribution in [1.82, 2.24) is 14.8 Å². The Balaban J connectivity index is 1.73. The zero-order valence-electron chi connectivity index (χ0n) is 16.5. The number of nitrogens with zero attached hydrogens (tertiary/aromatic N) is 3. The average Bonchev–Trinajstić information content (AvgIpc) is 2.66. The first-order valence-electron chi connectivity index (χ1n) is 9.77. The largest absolute Gasteiger partial charge is 0.369 e. The highest BCUT2D eigenvalue weighted by Gasteiger charge is 2.38. The molecule has 0 unspecified atom stereocenters. The van der Waals surface area contributed by atoms with Gasteiger partial charge in [0.15, 0.2) is 0 Å². The molecule has 1 aromatic heterocycles. The number of nitrogens with one attached hydrogen (secondary N) is 1. The highest BCUT2D eigenvalue weighted by Crippen LogP contribution is 2.43. The third-order valence-corrected chi connectivity index (χ3v) is 6.20. The molecule has 3 heterocycles. The minimum atomic E-state index is 0.218. The van der Waals surface area contributed by atoms with Gasteiger partial charge in [-0.25, -0.2) is 0 Å². The van der Waals surface area contributed by atoms with Crippen LogP contribution in [0.2, 0.25) is 0 Å². The number of fused-ring (bicyclic) bond motifs is 1. The molecule has 1 saturated heterocycles. The summed E-state index contributed by atoms with van der Waals surface area (Å²) in [7, 11) is 4.63. The van der Waals surface area contributed by atoms with Gasteiger partial charge in [0.25, 0.3) is 0 Å². The second kappa shape index (κ2) is 6.36. The molecular weight excluding hydrogens is 320 g/mol. The van der Waals surface area contributed by atoms with Gasteiger partial charge in [-0.1, -0.05) is 13.8 Å². The molecule has 0 amide bonds. The van der Waals surface area contributed by atoms with Crippen LogP contribution in [0.25, 0.3) is 11.3 Å². The van der Waals surface area contributed by atoms with E-state index in [-0.39, 0.29) is 5.41 Å². The van der Waals surface area contributed by atoms with Crippen molar-refractivity contribution in [3.8, 4) is 11.3 Å². The first-order chi connectivity index (χ1) is 12.4. The van der Waals surface area contributed by atoms with E-state index in [2.05, 4.69) is 68.5 Å². The van der Waals surface area contributed by atoms with Gasteiger partial charge in [0.2, 0.25) is 0 Å². The normalized spacial score (nSPS) is 21.3. The molecule has 0 spiro atoms. The van der Waals surface area contributed by atoms with Gasteiger partial charge in [0.1, 0.15) is 5.69 Å². The summed E-state index contributed by atoms with van der Waals surface area (Å²) in [5.74, 6) is 0. The molecule has 0 saturated carbocycles. The van der Waals surface area contributed by atoms with Gasteiger partial charge < -0.3 is 10.2 Å². The Morgan fingerprint density at radius 2 is 1.85 bits per heavy atom. The molecule has 1 aromatic carbocycles. The van der Waals surface area contributed by atoms with Gasteiger partial charge in [-0.3, -0.25) is 9.47 Å². The second-order valence-electron chi connectivity index (χ2n) is 8.91. The number of anilines is 1. The molecule has 1 fully saturated rings. The van der Waals surface area contributed by atoms with E-state index in [0.717, 1.165) is 36.4 Å². The van der Waals surface area contributed by atoms with Gasteiger partial charge in [-0.2, -0.15) is 0 Å². The monoisotopic (exact) mass is 351 g/mol. The first kappa shape index (κ1) is 17.5. The molecule has 4 rings (SSSR count). The molecule has 4 heteroatoms. The maximum absolute atomic E-state index is 4.69. The highest BCUT2D eigenvalue weighted by molar-refractivity contribution is 5.70. The Kier molecular flexibility index (Phi) is 4.28. The number of benzene rings is 1. The Hall–Kier alpha value is -1.91. The summed E-state index contributed by atoms with van der Waals surface area (Å²) < 4.78 is 0.966. The maximum Gasteiger partial charge on any atom is 0.136 e. The molecule has 1 N–H and O–H groups in total. The summed E-state index contributed by atoms with van der Waals surface area (Å²) in [4.78, 5) is 7.14. The van der Waals surface area contributed by atoms with Gasteiger partial charge in [-0.15, -0.1) is 0 Å². The minimum Gasteiger partial charge on any atom is -0.369 e. The smallest absolute Gasteiger partial charge is 0.136 e. The molecule has 26 heavy (non-hydrogen) atoms. The van der Waals surface area contributed by atoms with E-state index in [9.17, 15) is 0 Å². The number of aromatic nitrogens is 1. The molecule has 2 aliphatic heterocycles. The van der Waals surface area contributed by atoms with Crippen LogP contribution in [0.4, 0.5) is 11.4 Å². The van der Waals surface area contributed by atoms with Crippen LogP contribution < -0.4 is 14.7 Å². The first-order valence-corrected chi connectivity index (χ1v) is 9.77. The zero-order chi connectivity index (χ0) is 18.4. The van der Waals surface area contributed by atoms with Crippen LogP contribution >= 0.6 is 0 Å². The van der Waals surface area contributed by atoms with E-state index >= 15 is 0 Å². The molecule has 0 aliphatic carbocycles. The van der Waals surface area contributed by atoms with Crippen LogP contribution in [0.1, 0.15) is 25.8 Å². The Morgan fingerprint density at radius 1 is 1.08 bits per heavy atom. The number of piperazine rings is 1. The van der Waals surface area contributed by atoms with Crippen molar-refractivity contribution in [1.29, 1.82) is 0 Å². The Morgan fingerprint density at radius 3 is 2.62 bits per heavy atom. The van der Waals surface area contributed by atoms with Crippen LogP contribution in [0.5, 0.6) is 0 Å². The van der Waals surface area contributed by atoms with Gasteiger partial charge in [-0.05, 0) is 24.3 Å². The van der Waals surface area contributed by atoms with Crippen molar-refractivity contribution in [2.75, 3.05) is 51.7 Å². The topological polar surface area (TPSA) is 28.2 Å². The van der Waals surface area contributed by atoms with Crippen LogP contribution in [0.15, 0.2) is 36.5 Å². The van der Waals surface area contributed by atoms with Crippen LogP contribution in [-0.4, -0.2) is 51.8 Å². The van der Waals surface area contributed by atoms with Gasteiger partial charge >= 0.3 is 0 Å². The summed E-state index contributed by atoms with van der Waals surface area (Å²) in [6.45, 7) is 10.2. The van der Waals surface area contributed by atoms with Crippen molar-refractivity contribution >= 4 is 11.4 Å². The lowest BCUT2D eigenvalue weighted by atomic mass is 9.76. The summed E-state index contributed by atoms with van der Waals surface area (Å²) >= 11 is 0. The summed E-state index contributed by atoms with van der Waals surface area (Å²) in [6.07, 6.45) is 3.17. The molecule has 2 aliphatic rings. The van der Waals surface area contributed by atoms with E-state index in [0.29, 0.717) is 0 Å². The average molecular weight is 352 g/mol. The summed E-state index contributed by atoms with van der Waals surface area (Å²) in [5.41, 5.74) is 6.73. The van der Waals surface area contributed by atoms with E-state index in [1.807, 2.05) is 6.20 Å². The molecule has 0 atom stereocenters. The number of pyridine rings is 1. The third-order valence-electron chi connectivity index (χ3n) is 6.20. The van der Waals surface area contributed by atoms with Crippen molar-refractivity contribution in [2.24, 2.45) is 0 Å². The minimum absolute atomic E-state index is 0.218. The quantitative estimate of drug-likeness (QED) is 0.841. The van der Waals surface area contributed by atoms with E-state index in [1.54, 1.807) is 0 Å².